The van der Waals surface area contributed by atoms with Gasteiger partial charge in [-0.05, 0) is 40.9 Å². The molecule has 0 aliphatic rings. The van der Waals surface area contributed by atoms with E-state index in [0.717, 1.165) is 6.42 Å². The molecule has 0 saturated carbocycles. The SMILES string of the molecule is COC(=O)CCCCCNS(=O)(=O)c1ccccc1Br. The first-order valence-corrected chi connectivity index (χ1v) is 8.56. The summed E-state index contributed by atoms with van der Waals surface area (Å²) >= 11 is 3.22. The van der Waals surface area contributed by atoms with Crippen LogP contribution in [-0.2, 0) is 19.6 Å². The number of hydrogen-bond acceptors (Lipinski definition) is 4. The highest BCUT2D eigenvalue weighted by molar-refractivity contribution is 9.10. The molecule has 0 aliphatic heterocycles. The molecule has 0 heterocycles. The maximum Gasteiger partial charge on any atom is 0.305 e. The number of hydrogen-bond donors (Lipinski definition) is 1. The van der Waals surface area contributed by atoms with Crippen molar-refractivity contribution in [3.63, 3.8) is 0 Å². The Morgan fingerprint density at radius 1 is 1.25 bits per heavy atom. The maximum absolute atomic E-state index is 12.0. The van der Waals surface area contributed by atoms with Crippen molar-refractivity contribution in [1.82, 2.24) is 4.72 Å². The Labute approximate surface area is 127 Å². The number of esters is 1. The largest absolute Gasteiger partial charge is 0.469 e. The number of carbonyl (C=O) groups is 1. The minimum atomic E-state index is -3.49. The van der Waals surface area contributed by atoms with Crippen molar-refractivity contribution in [1.29, 1.82) is 0 Å². The number of rotatable bonds is 8. The fourth-order valence-electron chi connectivity index (χ4n) is 1.62. The van der Waals surface area contributed by atoms with E-state index in [1.54, 1.807) is 24.3 Å². The highest BCUT2D eigenvalue weighted by atomic mass is 79.9. The number of carbonyl (C=O) groups excluding carboxylic acids is 1. The molecule has 0 aromatic heterocycles. The lowest BCUT2D eigenvalue weighted by molar-refractivity contribution is -0.140. The van der Waals surface area contributed by atoms with Gasteiger partial charge in [-0.1, -0.05) is 18.6 Å². The second-order valence-electron chi connectivity index (χ2n) is 4.21. The molecule has 0 unspecified atom stereocenters. The van der Waals surface area contributed by atoms with Gasteiger partial charge >= 0.3 is 5.97 Å². The first-order valence-electron chi connectivity index (χ1n) is 6.28. The van der Waals surface area contributed by atoms with Crippen LogP contribution in [0.2, 0.25) is 0 Å². The number of benzene rings is 1. The van der Waals surface area contributed by atoms with Gasteiger partial charge in [0.1, 0.15) is 0 Å². The summed E-state index contributed by atoms with van der Waals surface area (Å²) in [5, 5.41) is 0. The minimum absolute atomic E-state index is 0.231. The fourth-order valence-corrected chi connectivity index (χ4v) is 3.70. The number of ether oxygens (including phenoxy) is 1. The predicted molar refractivity (Wildman–Crippen MR) is 79.8 cm³/mol. The molecular weight excluding hydrogens is 346 g/mol. The lowest BCUT2D eigenvalue weighted by atomic mass is 10.2. The van der Waals surface area contributed by atoms with E-state index in [2.05, 4.69) is 25.4 Å². The van der Waals surface area contributed by atoms with Crippen molar-refractivity contribution in [2.45, 2.75) is 30.6 Å². The number of methoxy groups -OCH3 is 1. The molecule has 112 valence electrons. The van der Waals surface area contributed by atoms with E-state index in [4.69, 9.17) is 0 Å². The van der Waals surface area contributed by atoms with Crippen molar-refractivity contribution in [3.8, 4) is 0 Å². The summed E-state index contributed by atoms with van der Waals surface area (Å²) in [5.74, 6) is -0.237. The third kappa shape index (κ3) is 5.60. The highest BCUT2D eigenvalue weighted by Crippen LogP contribution is 2.20. The molecule has 5 nitrogen and oxygen atoms in total. The van der Waals surface area contributed by atoms with Gasteiger partial charge in [-0.2, -0.15) is 0 Å². The third-order valence-electron chi connectivity index (χ3n) is 2.70. The lowest BCUT2D eigenvalue weighted by Gasteiger charge is -2.08. The van der Waals surface area contributed by atoms with E-state index in [1.807, 2.05) is 0 Å². The van der Waals surface area contributed by atoms with Gasteiger partial charge in [0.15, 0.2) is 0 Å². The smallest absolute Gasteiger partial charge is 0.305 e. The van der Waals surface area contributed by atoms with Crippen LogP contribution in [-0.4, -0.2) is 28.0 Å². The second-order valence-corrected chi connectivity index (χ2v) is 6.80. The van der Waals surface area contributed by atoms with E-state index in [9.17, 15) is 13.2 Å². The van der Waals surface area contributed by atoms with Crippen LogP contribution in [0.3, 0.4) is 0 Å². The summed E-state index contributed by atoms with van der Waals surface area (Å²) in [7, 11) is -2.13. The van der Waals surface area contributed by atoms with Crippen LogP contribution >= 0.6 is 15.9 Å². The Hall–Kier alpha value is -0.920. The highest BCUT2D eigenvalue weighted by Gasteiger charge is 2.15. The topological polar surface area (TPSA) is 72.5 Å². The van der Waals surface area contributed by atoms with Gasteiger partial charge < -0.3 is 4.74 Å². The molecule has 1 N–H and O–H groups in total. The van der Waals surface area contributed by atoms with Gasteiger partial charge in [-0.3, -0.25) is 4.79 Å². The van der Waals surface area contributed by atoms with Crippen LogP contribution in [0, 0.1) is 0 Å². The molecule has 1 aromatic carbocycles. The summed E-state index contributed by atoms with van der Waals surface area (Å²) in [6, 6.07) is 6.67. The quantitative estimate of drug-likeness (QED) is 0.568. The zero-order valence-electron chi connectivity index (χ0n) is 11.3. The van der Waals surface area contributed by atoms with E-state index >= 15 is 0 Å². The Morgan fingerprint density at radius 3 is 2.60 bits per heavy atom. The van der Waals surface area contributed by atoms with Gasteiger partial charge in [0.05, 0.1) is 12.0 Å². The normalized spacial score (nSPS) is 11.3. The van der Waals surface area contributed by atoms with Crippen LogP contribution in [0.5, 0.6) is 0 Å². The number of unbranched alkanes of at least 4 members (excludes halogenated alkanes) is 2. The van der Waals surface area contributed by atoms with E-state index in [1.165, 1.54) is 7.11 Å². The zero-order chi connectivity index (χ0) is 15.0. The summed E-state index contributed by atoms with van der Waals surface area (Å²) in [5.41, 5.74) is 0. The molecular formula is C13H18BrNO4S. The molecule has 0 aliphatic carbocycles. The molecule has 0 spiro atoms. The van der Waals surface area contributed by atoms with Crippen LogP contribution in [0.15, 0.2) is 33.6 Å². The first-order chi connectivity index (χ1) is 9.47. The number of nitrogens with one attached hydrogen (secondary N) is 1. The van der Waals surface area contributed by atoms with Gasteiger partial charge in [-0.25, -0.2) is 13.1 Å². The molecule has 0 amide bonds. The Bertz CT molecular complexity index is 545. The molecule has 20 heavy (non-hydrogen) atoms. The summed E-state index contributed by atoms with van der Waals surface area (Å²) in [4.78, 5) is 11.1. The fraction of sp³-hybridized carbons (Fsp3) is 0.462. The average molecular weight is 364 g/mol. The van der Waals surface area contributed by atoms with Crippen molar-refractivity contribution in [3.05, 3.63) is 28.7 Å². The predicted octanol–water partition coefficient (Wildman–Crippen LogP) is 2.46. The zero-order valence-corrected chi connectivity index (χ0v) is 13.7. The second kappa shape index (κ2) is 8.39. The van der Waals surface area contributed by atoms with Crippen LogP contribution in [0.4, 0.5) is 0 Å². The first kappa shape index (κ1) is 17.1. The van der Waals surface area contributed by atoms with Crippen LogP contribution in [0.1, 0.15) is 25.7 Å². The van der Waals surface area contributed by atoms with Crippen molar-refractivity contribution < 1.29 is 17.9 Å². The van der Waals surface area contributed by atoms with Gasteiger partial charge in [-0.15, -0.1) is 0 Å². The summed E-state index contributed by atoms with van der Waals surface area (Å²) < 4.78 is 31.7. The van der Waals surface area contributed by atoms with Crippen LogP contribution in [0.25, 0.3) is 0 Å². The Balaban J connectivity index is 2.35. The molecule has 7 heteroatoms. The molecule has 0 atom stereocenters. The van der Waals surface area contributed by atoms with Gasteiger partial charge in [0.2, 0.25) is 10.0 Å². The molecule has 1 aromatic rings. The van der Waals surface area contributed by atoms with Gasteiger partial charge in [0.25, 0.3) is 0 Å². The number of sulfonamides is 1. The van der Waals surface area contributed by atoms with Crippen molar-refractivity contribution in [2.75, 3.05) is 13.7 Å². The Morgan fingerprint density at radius 2 is 1.95 bits per heavy atom. The van der Waals surface area contributed by atoms with Crippen LogP contribution < -0.4 is 4.72 Å². The monoisotopic (exact) mass is 363 g/mol. The summed E-state index contributed by atoms with van der Waals surface area (Å²) in [6.07, 6.45) is 2.52. The number of halogens is 1. The van der Waals surface area contributed by atoms with Crippen molar-refractivity contribution >= 4 is 31.9 Å². The van der Waals surface area contributed by atoms with E-state index in [-0.39, 0.29) is 10.9 Å². The summed E-state index contributed by atoms with van der Waals surface area (Å²) in [6.45, 7) is 0.352. The van der Waals surface area contributed by atoms with E-state index in [0.29, 0.717) is 30.3 Å². The Kier molecular flexibility index (Phi) is 7.18. The molecule has 0 saturated heterocycles. The van der Waals surface area contributed by atoms with E-state index < -0.39 is 10.0 Å². The molecule has 0 radical (unpaired) electrons. The molecule has 1 rings (SSSR count). The van der Waals surface area contributed by atoms with Crippen molar-refractivity contribution in [2.24, 2.45) is 0 Å². The maximum atomic E-state index is 12.0. The third-order valence-corrected chi connectivity index (χ3v) is 5.18. The molecule has 0 fully saturated rings. The molecule has 0 bridgehead atoms. The lowest BCUT2D eigenvalue weighted by Crippen LogP contribution is -2.25. The van der Waals surface area contributed by atoms with Gasteiger partial charge in [0, 0.05) is 17.4 Å². The average Bonchev–Trinajstić information content (AvgIpc) is 2.42. The standard InChI is InChI=1S/C13H18BrNO4S/c1-19-13(16)9-3-2-6-10-15-20(17,18)12-8-5-4-7-11(12)14/h4-5,7-8,15H,2-3,6,9-10H2,1H3. The minimum Gasteiger partial charge on any atom is -0.469 e.